The lowest BCUT2D eigenvalue weighted by molar-refractivity contribution is -0.274. The van der Waals surface area contributed by atoms with Crippen molar-refractivity contribution in [2.75, 3.05) is 19.6 Å². The van der Waals surface area contributed by atoms with Crippen molar-refractivity contribution >= 4 is 5.96 Å². The van der Waals surface area contributed by atoms with Crippen LogP contribution in [0.1, 0.15) is 26.3 Å². The van der Waals surface area contributed by atoms with E-state index < -0.39 is 6.36 Å². The number of aliphatic imine (C=N–C) groups is 1. The maximum Gasteiger partial charge on any atom is 0.573 e. The molecule has 136 valence electrons. The fourth-order valence-electron chi connectivity index (χ4n) is 2.14. The van der Waals surface area contributed by atoms with Crippen molar-refractivity contribution in [3.63, 3.8) is 0 Å². The predicted octanol–water partition coefficient (Wildman–Crippen LogP) is 2.72. The quantitative estimate of drug-likeness (QED) is 0.561. The van der Waals surface area contributed by atoms with Crippen LogP contribution in [0.15, 0.2) is 29.3 Å². The summed E-state index contributed by atoms with van der Waals surface area (Å²) in [5.74, 6) is 0.0556. The van der Waals surface area contributed by atoms with Gasteiger partial charge in [-0.1, -0.05) is 19.1 Å². The van der Waals surface area contributed by atoms with E-state index >= 15 is 0 Å². The third-order valence-corrected chi connectivity index (χ3v) is 3.43. The van der Waals surface area contributed by atoms with Crippen LogP contribution < -0.4 is 15.8 Å². The second kappa shape index (κ2) is 9.36. The van der Waals surface area contributed by atoms with Gasteiger partial charge in [-0.2, -0.15) is 0 Å². The van der Waals surface area contributed by atoms with E-state index in [1.807, 2.05) is 0 Å². The summed E-state index contributed by atoms with van der Waals surface area (Å²) in [6, 6.07) is 6.02. The van der Waals surface area contributed by atoms with Crippen LogP contribution in [0.2, 0.25) is 0 Å². The van der Waals surface area contributed by atoms with Gasteiger partial charge in [0.05, 0.1) is 6.54 Å². The Morgan fingerprint density at radius 3 is 2.42 bits per heavy atom. The van der Waals surface area contributed by atoms with E-state index in [9.17, 15) is 13.2 Å². The largest absolute Gasteiger partial charge is 0.573 e. The number of nitrogens with zero attached hydrogens (tertiary/aromatic N) is 2. The Morgan fingerprint density at radius 1 is 1.29 bits per heavy atom. The van der Waals surface area contributed by atoms with Gasteiger partial charge in [-0.05, 0) is 38.1 Å². The fraction of sp³-hybridized carbons (Fsp3) is 0.562. The number of nitrogens with one attached hydrogen (secondary N) is 1. The molecule has 0 aliphatic rings. The molecule has 0 radical (unpaired) electrons. The summed E-state index contributed by atoms with van der Waals surface area (Å²) < 4.78 is 40.0. The molecule has 0 aliphatic heterocycles. The molecule has 0 aromatic heterocycles. The molecule has 3 N–H and O–H groups in total. The summed E-state index contributed by atoms with van der Waals surface area (Å²) in [4.78, 5) is 6.46. The van der Waals surface area contributed by atoms with Crippen molar-refractivity contribution < 1.29 is 17.9 Å². The Kier molecular flexibility index (Phi) is 7.84. The maximum absolute atomic E-state index is 12.1. The van der Waals surface area contributed by atoms with Gasteiger partial charge in [0.1, 0.15) is 5.75 Å². The molecule has 0 atom stereocenters. The van der Waals surface area contributed by atoms with Crippen LogP contribution in [0.3, 0.4) is 0 Å². The number of benzene rings is 1. The monoisotopic (exact) mass is 346 g/mol. The number of guanidine groups is 1. The molecule has 0 saturated heterocycles. The van der Waals surface area contributed by atoms with Gasteiger partial charge < -0.3 is 15.8 Å². The van der Waals surface area contributed by atoms with Gasteiger partial charge in [0.2, 0.25) is 0 Å². The lowest BCUT2D eigenvalue weighted by Gasteiger charge is -2.24. The number of halogens is 3. The zero-order valence-electron chi connectivity index (χ0n) is 14.2. The van der Waals surface area contributed by atoms with Gasteiger partial charge in [-0.3, -0.25) is 4.90 Å². The second-order valence-electron chi connectivity index (χ2n) is 5.54. The zero-order chi connectivity index (χ0) is 18.2. The van der Waals surface area contributed by atoms with E-state index in [-0.39, 0.29) is 12.3 Å². The van der Waals surface area contributed by atoms with Gasteiger partial charge >= 0.3 is 6.36 Å². The lowest BCUT2D eigenvalue weighted by atomic mass is 10.2. The van der Waals surface area contributed by atoms with Crippen LogP contribution in [0.5, 0.6) is 5.75 Å². The number of nitrogens with two attached hydrogens (primary N) is 1. The van der Waals surface area contributed by atoms with Crippen molar-refractivity contribution in [2.45, 2.75) is 39.7 Å². The third kappa shape index (κ3) is 8.05. The van der Waals surface area contributed by atoms with Crippen LogP contribution in [0, 0.1) is 0 Å². The number of hydrogen-bond donors (Lipinski definition) is 2. The highest BCUT2D eigenvalue weighted by atomic mass is 19.4. The topological polar surface area (TPSA) is 62.9 Å². The molecule has 0 heterocycles. The van der Waals surface area contributed by atoms with Crippen LogP contribution in [0.25, 0.3) is 0 Å². The Labute approximate surface area is 140 Å². The zero-order valence-corrected chi connectivity index (χ0v) is 14.2. The predicted molar refractivity (Wildman–Crippen MR) is 88.8 cm³/mol. The number of ether oxygens (including phenoxy) is 1. The summed E-state index contributed by atoms with van der Waals surface area (Å²) in [6.45, 7) is 9.15. The Balaban J connectivity index is 2.42. The minimum Gasteiger partial charge on any atom is -0.406 e. The van der Waals surface area contributed by atoms with Gasteiger partial charge in [-0.25, -0.2) is 4.99 Å². The van der Waals surface area contributed by atoms with Gasteiger partial charge in [0.25, 0.3) is 0 Å². The first-order chi connectivity index (χ1) is 11.2. The maximum atomic E-state index is 12.1. The average Bonchev–Trinajstić information content (AvgIpc) is 2.49. The summed E-state index contributed by atoms with van der Waals surface area (Å²) in [5.41, 5.74) is 6.53. The highest BCUT2D eigenvalue weighted by molar-refractivity contribution is 5.77. The van der Waals surface area contributed by atoms with Crippen molar-refractivity contribution in [1.29, 1.82) is 0 Å². The number of likely N-dealkylation sites (N-methyl/N-ethyl adjacent to an activating group) is 1. The summed E-state index contributed by atoms with van der Waals surface area (Å²) in [5, 5.41) is 3.03. The van der Waals surface area contributed by atoms with E-state index in [2.05, 4.69) is 40.7 Å². The molecule has 1 rings (SSSR count). The summed E-state index contributed by atoms with van der Waals surface area (Å²) >= 11 is 0. The number of rotatable bonds is 8. The summed E-state index contributed by atoms with van der Waals surface area (Å²) in [6.07, 6.45) is -4.68. The van der Waals surface area contributed by atoms with Crippen LogP contribution in [-0.4, -0.2) is 42.9 Å². The number of hydrogen-bond acceptors (Lipinski definition) is 3. The Bertz CT molecular complexity index is 515. The first-order valence-electron chi connectivity index (χ1n) is 7.83. The highest BCUT2D eigenvalue weighted by Crippen LogP contribution is 2.22. The molecule has 0 saturated carbocycles. The van der Waals surface area contributed by atoms with Crippen LogP contribution in [0.4, 0.5) is 13.2 Å². The van der Waals surface area contributed by atoms with E-state index in [0.717, 1.165) is 18.7 Å². The minimum absolute atomic E-state index is 0.255. The molecule has 0 bridgehead atoms. The first kappa shape index (κ1) is 20.1. The molecule has 0 aliphatic carbocycles. The molecule has 0 fully saturated rings. The smallest absolute Gasteiger partial charge is 0.406 e. The van der Waals surface area contributed by atoms with E-state index in [1.165, 1.54) is 24.3 Å². The SMILES string of the molecule is CCN(CCNC(N)=NCc1ccc(OC(F)(F)F)cc1)C(C)C. The molecule has 0 spiro atoms. The van der Waals surface area contributed by atoms with Crippen molar-refractivity contribution in [1.82, 2.24) is 10.2 Å². The Hall–Kier alpha value is -1.96. The lowest BCUT2D eigenvalue weighted by Crippen LogP contribution is -2.40. The van der Waals surface area contributed by atoms with Gasteiger partial charge in [0.15, 0.2) is 5.96 Å². The molecule has 24 heavy (non-hydrogen) atoms. The normalized spacial score (nSPS) is 12.8. The second-order valence-corrected chi connectivity index (χ2v) is 5.54. The molecular formula is C16H25F3N4O. The van der Waals surface area contributed by atoms with Gasteiger partial charge in [0, 0.05) is 19.1 Å². The molecule has 5 nitrogen and oxygen atoms in total. The highest BCUT2D eigenvalue weighted by Gasteiger charge is 2.30. The van der Waals surface area contributed by atoms with Crippen LogP contribution in [-0.2, 0) is 6.54 Å². The molecule has 1 aromatic rings. The van der Waals surface area contributed by atoms with Crippen LogP contribution >= 0.6 is 0 Å². The van der Waals surface area contributed by atoms with Crippen molar-refractivity contribution in [3.8, 4) is 5.75 Å². The van der Waals surface area contributed by atoms with E-state index in [1.54, 1.807) is 0 Å². The molecule has 0 amide bonds. The van der Waals surface area contributed by atoms with Crippen molar-refractivity contribution in [2.24, 2.45) is 10.7 Å². The standard InChI is InChI=1S/C16H25F3N4O/c1-4-23(12(2)3)10-9-21-15(20)22-11-13-5-7-14(8-6-13)24-16(17,18)19/h5-8,12H,4,9-11H2,1-3H3,(H3,20,21,22). The average molecular weight is 346 g/mol. The van der Waals surface area contributed by atoms with E-state index in [4.69, 9.17) is 5.73 Å². The van der Waals surface area contributed by atoms with Crippen molar-refractivity contribution in [3.05, 3.63) is 29.8 Å². The van der Waals surface area contributed by atoms with E-state index in [0.29, 0.717) is 18.5 Å². The summed E-state index contributed by atoms with van der Waals surface area (Å²) in [7, 11) is 0. The third-order valence-electron chi connectivity index (χ3n) is 3.43. The molecule has 0 unspecified atom stereocenters. The fourth-order valence-corrected chi connectivity index (χ4v) is 2.14. The molecule has 8 heteroatoms. The molecular weight excluding hydrogens is 321 g/mol. The Morgan fingerprint density at radius 2 is 1.92 bits per heavy atom. The van der Waals surface area contributed by atoms with Gasteiger partial charge in [-0.15, -0.1) is 13.2 Å². The molecule has 1 aromatic carbocycles. The first-order valence-corrected chi connectivity index (χ1v) is 7.83. The number of alkyl halides is 3. The minimum atomic E-state index is -4.68.